The summed E-state index contributed by atoms with van der Waals surface area (Å²) in [7, 11) is 1.84. The molecule has 2 aromatic rings. The minimum absolute atomic E-state index is 0.106. The zero-order chi connectivity index (χ0) is 13.1. The van der Waals surface area contributed by atoms with Gasteiger partial charge in [-0.1, -0.05) is 12.1 Å². The van der Waals surface area contributed by atoms with Gasteiger partial charge in [-0.2, -0.15) is 5.10 Å². The Balaban J connectivity index is 2.10. The first-order valence-electron chi connectivity index (χ1n) is 5.72. The molecule has 0 saturated heterocycles. The Bertz CT molecular complexity index is 562. The number of nitrogens with two attached hydrogens (primary N) is 1. The van der Waals surface area contributed by atoms with Gasteiger partial charge in [-0.3, -0.25) is 9.48 Å². The average molecular weight is 244 g/mol. The zero-order valence-corrected chi connectivity index (χ0v) is 10.4. The fraction of sp³-hybridized carbons (Fsp3) is 0.231. The number of hydrogen-bond donors (Lipinski definition) is 2. The maximum absolute atomic E-state index is 12.0. The van der Waals surface area contributed by atoms with Gasteiger partial charge in [0.15, 0.2) is 0 Å². The van der Waals surface area contributed by atoms with Crippen LogP contribution in [0.15, 0.2) is 36.7 Å². The second-order valence-electron chi connectivity index (χ2n) is 4.23. The molecule has 0 saturated carbocycles. The van der Waals surface area contributed by atoms with E-state index in [0.717, 1.165) is 5.56 Å². The highest BCUT2D eigenvalue weighted by molar-refractivity contribution is 5.99. The Morgan fingerprint density at radius 1 is 1.44 bits per heavy atom. The predicted molar refractivity (Wildman–Crippen MR) is 69.9 cm³/mol. The Kier molecular flexibility index (Phi) is 3.32. The fourth-order valence-electron chi connectivity index (χ4n) is 1.73. The molecular formula is C13H16N4O. The minimum Gasteiger partial charge on any atom is -0.398 e. The summed E-state index contributed by atoms with van der Waals surface area (Å²) in [5.74, 6) is -0.176. The van der Waals surface area contributed by atoms with Gasteiger partial charge in [-0.05, 0) is 19.1 Å². The van der Waals surface area contributed by atoms with Crippen molar-refractivity contribution < 1.29 is 4.79 Å². The van der Waals surface area contributed by atoms with E-state index in [9.17, 15) is 4.79 Å². The van der Waals surface area contributed by atoms with E-state index in [4.69, 9.17) is 5.73 Å². The Labute approximate surface area is 106 Å². The lowest BCUT2D eigenvalue weighted by molar-refractivity contribution is 0.0941. The molecule has 1 heterocycles. The fourth-order valence-corrected chi connectivity index (χ4v) is 1.73. The van der Waals surface area contributed by atoms with Crippen molar-refractivity contribution in [3.63, 3.8) is 0 Å². The van der Waals surface area contributed by atoms with E-state index in [2.05, 4.69) is 10.4 Å². The van der Waals surface area contributed by atoms with Crippen molar-refractivity contribution in [2.75, 3.05) is 5.73 Å². The Morgan fingerprint density at radius 2 is 2.17 bits per heavy atom. The molecule has 0 bridgehead atoms. The zero-order valence-electron chi connectivity index (χ0n) is 10.4. The number of rotatable bonds is 3. The summed E-state index contributed by atoms with van der Waals surface area (Å²) in [6.45, 7) is 1.91. The quantitative estimate of drug-likeness (QED) is 0.803. The molecule has 5 nitrogen and oxygen atoms in total. The van der Waals surface area contributed by atoms with E-state index in [1.54, 1.807) is 35.1 Å². The predicted octanol–water partition coefficient (Wildman–Crippen LogP) is 1.49. The molecule has 1 amide bonds. The SMILES string of the molecule is CC(NC(=O)c1ccccc1N)c1cnn(C)c1. The van der Waals surface area contributed by atoms with Crippen molar-refractivity contribution in [1.82, 2.24) is 15.1 Å². The maximum Gasteiger partial charge on any atom is 0.253 e. The Morgan fingerprint density at radius 3 is 2.78 bits per heavy atom. The molecule has 18 heavy (non-hydrogen) atoms. The van der Waals surface area contributed by atoms with Crippen molar-refractivity contribution in [3.8, 4) is 0 Å². The summed E-state index contributed by atoms with van der Waals surface area (Å²) in [4.78, 5) is 12.0. The molecule has 5 heteroatoms. The normalized spacial score (nSPS) is 12.1. The lowest BCUT2D eigenvalue weighted by atomic mass is 10.1. The summed E-state index contributed by atoms with van der Waals surface area (Å²) in [5.41, 5.74) is 7.70. The van der Waals surface area contributed by atoms with Gasteiger partial charge >= 0.3 is 0 Å². The monoisotopic (exact) mass is 244 g/mol. The van der Waals surface area contributed by atoms with Crippen LogP contribution >= 0.6 is 0 Å². The van der Waals surface area contributed by atoms with Crippen LogP contribution in [0.5, 0.6) is 0 Å². The molecule has 1 aromatic heterocycles. The van der Waals surface area contributed by atoms with Crippen molar-refractivity contribution in [2.24, 2.45) is 7.05 Å². The highest BCUT2D eigenvalue weighted by atomic mass is 16.1. The van der Waals surface area contributed by atoms with Gasteiger partial charge in [0.25, 0.3) is 5.91 Å². The van der Waals surface area contributed by atoms with Crippen LogP contribution in [0.3, 0.4) is 0 Å². The number of hydrogen-bond acceptors (Lipinski definition) is 3. The van der Waals surface area contributed by atoms with Crippen LogP contribution in [-0.4, -0.2) is 15.7 Å². The number of carbonyl (C=O) groups is 1. The topological polar surface area (TPSA) is 72.9 Å². The third-order valence-electron chi connectivity index (χ3n) is 2.78. The van der Waals surface area contributed by atoms with Crippen LogP contribution < -0.4 is 11.1 Å². The van der Waals surface area contributed by atoms with Gasteiger partial charge in [0.05, 0.1) is 17.8 Å². The van der Waals surface area contributed by atoms with Gasteiger partial charge < -0.3 is 11.1 Å². The van der Waals surface area contributed by atoms with E-state index >= 15 is 0 Å². The molecule has 94 valence electrons. The number of carbonyl (C=O) groups excluding carboxylic acids is 1. The Hall–Kier alpha value is -2.30. The third kappa shape index (κ3) is 2.51. The van der Waals surface area contributed by atoms with Crippen molar-refractivity contribution in [2.45, 2.75) is 13.0 Å². The maximum atomic E-state index is 12.0. The smallest absolute Gasteiger partial charge is 0.253 e. The number of benzene rings is 1. The molecule has 1 atom stereocenters. The third-order valence-corrected chi connectivity index (χ3v) is 2.78. The molecule has 1 unspecified atom stereocenters. The highest BCUT2D eigenvalue weighted by Crippen LogP contribution is 2.14. The standard InChI is InChI=1S/C13H16N4O/c1-9(10-7-15-17(2)8-10)16-13(18)11-5-3-4-6-12(11)14/h3-9H,14H2,1-2H3,(H,16,18). The lowest BCUT2D eigenvalue weighted by Crippen LogP contribution is -2.27. The largest absolute Gasteiger partial charge is 0.398 e. The molecular weight excluding hydrogens is 228 g/mol. The minimum atomic E-state index is -0.176. The van der Waals surface area contributed by atoms with Crippen molar-refractivity contribution >= 4 is 11.6 Å². The van der Waals surface area contributed by atoms with E-state index in [1.165, 1.54) is 0 Å². The van der Waals surface area contributed by atoms with Crippen LogP contribution in [0.4, 0.5) is 5.69 Å². The molecule has 3 N–H and O–H groups in total. The molecule has 0 spiro atoms. The van der Waals surface area contributed by atoms with Gasteiger partial charge in [-0.15, -0.1) is 0 Å². The summed E-state index contributed by atoms with van der Waals surface area (Å²) in [6, 6.07) is 6.91. The molecule has 0 aliphatic carbocycles. The first-order chi connectivity index (χ1) is 8.58. The summed E-state index contributed by atoms with van der Waals surface area (Å²) < 4.78 is 1.70. The van der Waals surface area contributed by atoms with E-state index < -0.39 is 0 Å². The van der Waals surface area contributed by atoms with Crippen LogP contribution in [0.1, 0.15) is 28.9 Å². The van der Waals surface area contributed by atoms with E-state index in [-0.39, 0.29) is 11.9 Å². The molecule has 0 aliphatic rings. The van der Waals surface area contributed by atoms with Crippen LogP contribution in [0.25, 0.3) is 0 Å². The number of nitrogen functional groups attached to an aromatic ring is 1. The average Bonchev–Trinajstić information content (AvgIpc) is 2.76. The number of anilines is 1. The highest BCUT2D eigenvalue weighted by Gasteiger charge is 2.14. The number of nitrogens with one attached hydrogen (secondary N) is 1. The summed E-state index contributed by atoms with van der Waals surface area (Å²) in [5, 5.41) is 6.97. The molecule has 0 fully saturated rings. The number of nitrogens with zero attached hydrogens (tertiary/aromatic N) is 2. The van der Waals surface area contributed by atoms with Gasteiger partial charge in [0.2, 0.25) is 0 Å². The van der Waals surface area contributed by atoms with Gasteiger partial charge in [0, 0.05) is 24.5 Å². The second kappa shape index (κ2) is 4.91. The number of amides is 1. The van der Waals surface area contributed by atoms with Crippen molar-refractivity contribution in [1.29, 1.82) is 0 Å². The number of para-hydroxylation sites is 1. The second-order valence-corrected chi connectivity index (χ2v) is 4.23. The van der Waals surface area contributed by atoms with Gasteiger partial charge in [-0.25, -0.2) is 0 Å². The first-order valence-corrected chi connectivity index (χ1v) is 5.72. The molecule has 0 aliphatic heterocycles. The molecule has 2 rings (SSSR count). The van der Waals surface area contributed by atoms with Gasteiger partial charge in [0.1, 0.15) is 0 Å². The number of aryl methyl sites for hydroxylation is 1. The van der Waals surface area contributed by atoms with E-state index in [0.29, 0.717) is 11.3 Å². The van der Waals surface area contributed by atoms with Crippen LogP contribution in [0, 0.1) is 0 Å². The van der Waals surface area contributed by atoms with Crippen LogP contribution in [0.2, 0.25) is 0 Å². The number of aromatic nitrogens is 2. The molecule has 1 aromatic carbocycles. The van der Waals surface area contributed by atoms with Crippen LogP contribution in [-0.2, 0) is 7.05 Å². The first kappa shape index (κ1) is 12.2. The molecule has 0 radical (unpaired) electrons. The van der Waals surface area contributed by atoms with E-state index in [1.807, 2.05) is 20.2 Å². The van der Waals surface area contributed by atoms with Crippen molar-refractivity contribution in [3.05, 3.63) is 47.8 Å². The lowest BCUT2D eigenvalue weighted by Gasteiger charge is -2.13. The summed E-state index contributed by atoms with van der Waals surface area (Å²) >= 11 is 0. The summed E-state index contributed by atoms with van der Waals surface area (Å²) in [6.07, 6.45) is 3.61.